The first-order valence-electron chi connectivity index (χ1n) is 7.67. The Morgan fingerprint density at radius 1 is 1.14 bits per heavy atom. The fraction of sp³-hybridized carbons (Fsp3) is 0.316. The minimum Gasteiger partial charge on any atom is -0.372 e. The number of nitrogens with zero attached hydrogens (tertiary/aromatic N) is 2. The third-order valence-electron chi connectivity index (χ3n) is 4.38. The van der Waals surface area contributed by atoms with Crippen LogP contribution in [-0.2, 0) is 12.8 Å². The lowest BCUT2D eigenvalue weighted by Crippen LogP contribution is -2.33. The molecule has 108 valence electrons. The van der Waals surface area contributed by atoms with E-state index in [0.717, 1.165) is 18.5 Å². The van der Waals surface area contributed by atoms with Crippen molar-refractivity contribution >= 4 is 17.6 Å². The van der Waals surface area contributed by atoms with Crippen molar-refractivity contribution in [3.8, 4) is 0 Å². The molecule has 1 aliphatic heterocycles. The number of aliphatic imine (C=N–C) groups is 1. The Labute approximate surface area is 127 Å². The third kappa shape index (κ3) is 2.99. The summed E-state index contributed by atoms with van der Waals surface area (Å²) in [5.74, 6) is 0. The molecule has 2 aromatic rings. The highest BCUT2D eigenvalue weighted by molar-refractivity contribution is 5.72. The maximum Gasteiger partial charge on any atom is 0.0678 e. The molecule has 2 heteroatoms. The van der Waals surface area contributed by atoms with E-state index in [-0.39, 0.29) is 0 Å². The molecular weight excluding hydrogens is 256 g/mol. The smallest absolute Gasteiger partial charge is 0.0678 e. The molecule has 0 bridgehead atoms. The van der Waals surface area contributed by atoms with Crippen LogP contribution in [0.3, 0.4) is 0 Å². The fourth-order valence-electron chi connectivity index (χ4n) is 2.92. The lowest BCUT2D eigenvalue weighted by molar-refractivity contribution is 0.599. The van der Waals surface area contributed by atoms with E-state index in [4.69, 9.17) is 4.99 Å². The molecular formula is C19H22N2. The van der Waals surface area contributed by atoms with Crippen molar-refractivity contribution in [1.82, 2.24) is 0 Å². The molecule has 0 saturated carbocycles. The quantitative estimate of drug-likeness (QED) is 0.760. The van der Waals surface area contributed by atoms with Gasteiger partial charge in [-0.2, -0.15) is 0 Å². The second kappa shape index (κ2) is 6.13. The van der Waals surface area contributed by atoms with Crippen molar-refractivity contribution in [3.63, 3.8) is 0 Å². The molecule has 1 heterocycles. The highest BCUT2D eigenvalue weighted by Gasteiger charge is 2.21. The SMILES string of the molecule is CC1CCc2c(N=CCc3ccccc3)cccc2N1C. The van der Waals surface area contributed by atoms with Crippen molar-refractivity contribution < 1.29 is 0 Å². The van der Waals surface area contributed by atoms with Gasteiger partial charge in [-0.1, -0.05) is 36.4 Å². The molecule has 1 unspecified atom stereocenters. The van der Waals surface area contributed by atoms with Crippen LogP contribution in [0.25, 0.3) is 0 Å². The predicted octanol–water partition coefficient (Wildman–Crippen LogP) is 4.40. The molecule has 0 N–H and O–H groups in total. The van der Waals surface area contributed by atoms with Gasteiger partial charge < -0.3 is 4.90 Å². The predicted molar refractivity (Wildman–Crippen MR) is 90.9 cm³/mol. The van der Waals surface area contributed by atoms with E-state index in [1.54, 1.807) is 0 Å². The number of hydrogen-bond acceptors (Lipinski definition) is 2. The van der Waals surface area contributed by atoms with Crippen LogP contribution in [0.1, 0.15) is 24.5 Å². The van der Waals surface area contributed by atoms with Gasteiger partial charge in [-0.25, -0.2) is 0 Å². The minimum absolute atomic E-state index is 0.612. The summed E-state index contributed by atoms with van der Waals surface area (Å²) in [7, 11) is 2.18. The number of rotatable bonds is 3. The summed E-state index contributed by atoms with van der Waals surface area (Å²) in [5, 5.41) is 0. The van der Waals surface area contributed by atoms with Crippen molar-refractivity contribution in [3.05, 3.63) is 59.7 Å². The van der Waals surface area contributed by atoms with Crippen molar-refractivity contribution in [2.45, 2.75) is 32.2 Å². The minimum atomic E-state index is 0.612. The molecule has 2 nitrogen and oxygen atoms in total. The summed E-state index contributed by atoms with van der Waals surface area (Å²) >= 11 is 0. The molecule has 1 aliphatic rings. The van der Waals surface area contributed by atoms with Crippen molar-refractivity contribution in [1.29, 1.82) is 0 Å². The molecule has 0 spiro atoms. The van der Waals surface area contributed by atoms with E-state index in [2.05, 4.69) is 61.3 Å². The molecule has 0 saturated heterocycles. The number of anilines is 1. The second-order valence-corrected chi connectivity index (χ2v) is 5.77. The van der Waals surface area contributed by atoms with E-state index < -0.39 is 0 Å². The van der Waals surface area contributed by atoms with E-state index >= 15 is 0 Å². The highest BCUT2D eigenvalue weighted by atomic mass is 15.1. The molecule has 0 aliphatic carbocycles. The normalized spacial score (nSPS) is 18.0. The molecule has 0 amide bonds. The monoisotopic (exact) mass is 278 g/mol. The van der Waals surface area contributed by atoms with Crippen LogP contribution in [0.5, 0.6) is 0 Å². The van der Waals surface area contributed by atoms with Crippen LogP contribution in [0.4, 0.5) is 11.4 Å². The van der Waals surface area contributed by atoms with Gasteiger partial charge in [0.05, 0.1) is 5.69 Å². The van der Waals surface area contributed by atoms with Gasteiger partial charge in [0.25, 0.3) is 0 Å². The Hall–Kier alpha value is -2.09. The zero-order chi connectivity index (χ0) is 14.7. The summed E-state index contributed by atoms with van der Waals surface area (Å²) in [6.07, 6.45) is 5.24. The standard InChI is InChI=1S/C19H22N2/c1-15-11-12-17-18(9-6-10-19(17)21(15)2)20-14-13-16-7-4-3-5-8-16/h3-10,14-15H,11-13H2,1-2H3. The van der Waals surface area contributed by atoms with Crippen molar-refractivity contribution in [2.75, 3.05) is 11.9 Å². The Morgan fingerprint density at radius 3 is 2.76 bits per heavy atom. The lowest BCUT2D eigenvalue weighted by atomic mass is 9.96. The van der Waals surface area contributed by atoms with Gasteiger partial charge in [0.2, 0.25) is 0 Å². The average molecular weight is 278 g/mol. The summed E-state index contributed by atoms with van der Waals surface area (Å²) in [6.45, 7) is 2.29. The Kier molecular flexibility index (Phi) is 4.05. The third-order valence-corrected chi connectivity index (χ3v) is 4.38. The number of benzene rings is 2. The van der Waals surface area contributed by atoms with Gasteiger partial charge in [0, 0.05) is 37.0 Å². The van der Waals surface area contributed by atoms with Gasteiger partial charge in [0.1, 0.15) is 0 Å². The van der Waals surface area contributed by atoms with Crippen LogP contribution < -0.4 is 4.90 Å². The summed E-state index contributed by atoms with van der Waals surface area (Å²) in [4.78, 5) is 7.09. The van der Waals surface area contributed by atoms with E-state index in [1.165, 1.54) is 23.2 Å². The van der Waals surface area contributed by atoms with Gasteiger partial charge in [0.15, 0.2) is 0 Å². The first kappa shape index (κ1) is 13.9. The Balaban J connectivity index is 1.80. The van der Waals surface area contributed by atoms with Gasteiger partial charge in [-0.3, -0.25) is 4.99 Å². The van der Waals surface area contributed by atoms with Crippen LogP contribution in [0, 0.1) is 0 Å². The zero-order valence-electron chi connectivity index (χ0n) is 12.8. The lowest BCUT2D eigenvalue weighted by Gasteiger charge is -2.34. The molecule has 3 rings (SSSR count). The molecule has 0 fully saturated rings. The first-order chi connectivity index (χ1) is 10.3. The highest BCUT2D eigenvalue weighted by Crippen LogP contribution is 2.35. The molecule has 2 aromatic carbocycles. The summed E-state index contributed by atoms with van der Waals surface area (Å²) < 4.78 is 0. The average Bonchev–Trinajstić information content (AvgIpc) is 2.52. The van der Waals surface area contributed by atoms with Crippen molar-refractivity contribution in [2.24, 2.45) is 4.99 Å². The Morgan fingerprint density at radius 2 is 1.95 bits per heavy atom. The summed E-state index contributed by atoms with van der Waals surface area (Å²) in [6, 6.07) is 17.5. The van der Waals surface area contributed by atoms with Crippen LogP contribution >= 0.6 is 0 Å². The first-order valence-corrected chi connectivity index (χ1v) is 7.67. The Bertz CT molecular complexity index is 631. The molecule has 21 heavy (non-hydrogen) atoms. The largest absolute Gasteiger partial charge is 0.372 e. The maximum absolute atomic E-state index is 4.72. The second-order valence-electron chi connectivity index (χ2n) is 5.77. The number of hydrogen-bond donors (Lipinski definition) is 0. The van der Waals surface area contributed by atoms with Gasteiger partial charge in [-0.05, 0) is 37.5 Å². The van der Waals surface area contributed by atoms with Crippen LogP contribution in [-0.4, -0.2) is 19.3 Å². The molecule has 0 radical (unpaired) electrons. The van der Waals surface area contributed by atoms with Crippen LogP contribution in [0.2, 0.25) is 0 Å². The van der Waals surface area contributed by atoms with Gasteiger partial charge >= 0.3 is 0 Å². The zero-order valence-corrected chi connectivity index (χ0v) is 12.8. The summed E-state index contributed by atoms with van der Waals surface area (Å²) in [5.41, 5.74) is 5.16. The fourth-order valence-corrected chi connectivity index (χ4v) is 2.92. The maximum atomic E-state index is 4.72. The molecule has 1 atom stereocenters. The topological polar surface area (TPSA) is 15.6 Å². The number of fused-ring (bicyclic) bond motifs is 1. The van der Waals surface area contributed by atoms with E-state index in [0.29, 0.717) is 6.04 Å². The van der Waals surface area contributed by atoms with E-state index in [1.807, 2.05) is 12.3 Å². The van der Waals surface area contributed by atoms with Gasteiger partial charge in [-0.15, -0.1) is 0 Å². The van der Waals surface area contributed by atoms with Crippen LogP contribution in [0.15, 0.2) is 53.5 Å². The van der Waals surface area contributed by atoms with E-state index in [9.17, 15) is 0 Å². The molecule has 0 aromatic heterocycles.